The average Bonchev–Trinajstić information content (AvgIpc) is 2.38. The van der Waals surface area contributed by atoms with Crippen LogP contribution in [-0.4, -0.2) is 31.6 Å². The van der Waals surface area contributed by atoms with E-state index in [-0.39, 0.29) is 18.1 Å². The summed E-state index contributed by atoms with van der Waals surface area (Å²) in [6, 6.07) is 7.70. The molecule has 102 valence electrons. The zero-order valence-electron chi connectivity index (χ0n) is 10.7. The van der Waals surface area contributed by atoms with Crippen molar-refractivity contribution in [3.05, 3.63) is 35.4 Å². The summed E-state index contributed by atoms with van der Waals surface area (Å²) >= 11 is 0. The molecule has 0 heterocycles. The first kappa shape index (κ1) is 15.1. The van der Waals surface area contributed by atoms with Gasteiger partial charge < -0.3 is 10.4 Å². The maximum atomic E-state index is 11.3. The van der Waals surface area contributed by atoms with Gasteiger partial charge in [0, 0.05) is 12.3 Å². The highest BCUT2D eigenvalue weighted by atomic mass is 32.2. The van der Waals surface area contributed by atoms with Crippen LogP contribution in [0.1, 0.15) is 24.5 Å². The van der Waals surface area contributed by atoms with Crippen LogP contribution >= 0.6 is 0 Å². The van der Waals surface area contributed by atoms with Crippen molar-refractivity contribution >= 4 is 9.84 Å². The number of hydrogen-bond acceptors (Lipinski definition) is 4. The number of hydrogen-bond donors (Lipinski definition) is 2. The Bertz CT molecular complexity index is 457. The van der Waals surface area contributed by atoms with Crippen LogP contribution in [0.15, 0.2) is 24.3 Å². The number of aliphatic hydroxyl groups excluding tert-OH is 1. The van der Waals surface area contributed by atoms with Crippen molar-refractivity contribution in [3.63, 3.8) is 0 Å². The van der Waals surface area contributed by atoms with Crippen molar-refractivity contribution in [1.82, 2.24) is 5.32 Å². The van der Waals surface area contributed by atoms with Crippen LogP contribution < -0.4 is 5.32 Å². The average molecular weight is 271 g/mol. The highest BCUT2D eigenvalue weighted by Gasteiger charge is 2.05. The van der Waals surface area contributed by atoms with Crippen molar-refractivity contribution in [2.75, 3.05) is 18.1 Å². The fourth-order valence-electron chi connectivity index (χ4n) is 1.63. The zero-order chi connectivity index (χ0) is 13.4. The number of sulfone groups is 1. The Morgan fingerprint density at radius 1 is 1.28 bits per heavy atom. The first-order valence-corrected chi connectivity index (χ1v) is 7.99. The Labute approximate surface area is 109 Å². The molecule has 0 radical (unpaired) electrons. The van der Waals surface area contributed by atoms with Crippen molar-refractivity contribution in [1.29, 1.82) is 0 Å². The summed E-state index contributed by atoms with van der Waals surface area (Å²) in [7, 11) is -2.85. The Balaban J connectivity index is 2.25. The largest absolute Gasteiger partial charge is 0.392 e. The molecule has 0 aliphatic heterocycles. The number of aliphatic hydroxyl groups is 1. The van der Waals surface area contributed by atoms with E-state index in [9.17, 15) is 8.42 Å². The minimum absolute atomic E-state index is 0.0442. The lowest BCUT2D eigenvalue weighted by Gasteiger charge is -2.06. The van der Waals surface area contributed by atoms with Crippen LogP contribution in [0.2, 0.25) is 0 Å². The molecule has 5 heteroatoms. The van der Waals surface area contributed by atoms with Gasteiger partial charge in [-0.2, -0.15) is 0 Å². The molecule has 18 heavy (non-hydrogen) atoms. The van der Waals surface area contributed by atoms with Gasteiger partial charge in [0.25, 0.3) is 0 Å². The molecule has 0 unspecified atom stereocenters. The maximum Gasteiger partial charge on any atom is 0.150 e. The second-order valence-corrected chi connectivity index (χ2v) is 6.72. The van der Waals surface area contributed by atoms with Crippen molar-refractivity contribution in [2.24, 2.45) is 0 Å². The molecule has 1 aromatic carbocycles. The summed E-state index contributed by atoms with van der Waals surface area (Å²) in [5.41, 5.74) is 1.99. The maximum absolute atomic E-state index is 11.3. The smallest absolute Gasteiger partial charge is 0.150 e. The standard InChI is InChI=1S/C13H21NO3S/c1-2-18(16,17)8-4-7-14-10-12-5-3-6-13(9-12)11-15/h3,5-6,9,14-15H,2,4,7-8,10-11H2,1H3. The SMILES string of the molecule is CCS(=O)(=O)CCCNCc1cccc(CO)c1. The van der Waals surface area contributed by atoms with Gasteiger partial charge in [-0.15, -0.1) is 0 Å². The highest BCUT2D eigenvalue weighted by molar-refractivity contribution is 7.91. The molecule has 0 saturated carbocycles. The first-order valence-electron chi connectivity index (χ1n) is 6.17. The van der Waals surface area contributed by atoms with Gasteiger partial charge >= 0.3 is 0 Å². The van der Waals surface area contributed by atoms with E-state index < -0.39 is 9.84 Å². The summed E-state index contributed by atoms with van der Waals surface area (Å²) in [6.07, 6.45) is 0.635. The quantitative estimate of drug-likeness (QED) is 0.695. The third-order valence-corrected chi connectivity index (χ3v) is 4.54. The second kappa shape index (κ2) is 7.51. The summed E-state index contributed by atoms with van der Waals surface area (Å²) in [6.45, 7) is 3.09. The molecule has 0 atom stereocenters. The van der Waals surface area contributed by atoms with Gasteiger partial charge in [0.2, 0.25) is 0 Å². The fourth-order valence-corrected chi connectivity index (χ4v) is 2.50. The Kier molecular flexibility index (Phi) is 6.32. The van der Waals surface area contributed by atoms with Crippen molar-refractivity contribution < 1.29 is 13.5 Å². The van der Waals surface area contributed by atoms with E-state index >= 15 is 0 Å². The molecule has 2 N–H and O–H groups in total. The molecule has 0 spiro atoms. The van der Waals surface area contributed by atoms with Gasteiger partial charge in [0.1, 0.15) is 9.84 Å². The lowest BCUT2D eigenvalue weighted by Crippen LogP contribution is -2.19. The highest BCUT2D eigenvalue weighted by Crippen LogP contribution is 2.04. The fraction of sp³-hybridized carbons (Fsp3) is 0.538. The lowest BCUT2D eigenvalue weighted by atomic mass is 10.1. The van der Waals surface area contributed by atoms with E-state index in [0.717, 1.165) is 11.1 Å². The first-order chi connectivity index (χ1) is 8.57. The molecular weight excluding hydrogens is 250 g/mol. The zero-order valence-corrected chi connectivity index (χ0v) is 11.5. The third kappa shape index (κ3) is 5.62. The molecule has 0 aliphatic carbocycles. The number of benzene rings is 1. The van der Waals surface area contributed by atoms with Gasteiger partial charge in [-0.05, 0) is 24.1 Å². The van der Waals surface area contributed by atoms with E-state index in [1.165, 1.54) is 0 Å². The molecule has 0 saturated heterocycles. The summed E-state index contributed by atoms with van der Waals surface area (Å²) in [5.74, 6) is 0.457. The molecule has 0 bridgehead atoms. The molecule has 0 aromatic heterocycles. The molecule has 1 rings (SSSR count). The Morgan fingerprint density at radius 3 is 2.67 bits per heavy atom. The third-order valence-electron chi connectivity index (χ3n) is 2.75. The summed E-state index contributed by atoms with van der Waals surface area (Å²) < 4.78 is 22.5. The van der Waals surface area contributed by atoms with E-state index in [1.807, 2.05) is 24.3 Å². The predicted molar refractivity (Wildman–Crippen MR) is 73.0 cm³/mol. The van der Waals surface area contributed by atoms with E-state index in [0.29, 0.717) is 19.5 Å². The van der Waals surface area contributed by atoms with Crippen LogP contribution in [-0.2, 0) is 23.0 Å². The van der Waals surface area contributed by atoms with Crippen LogP contribution in [0, 0.1) is 0 Å². The molecule has 0 amide bonds. The molecular formula is C13H21NO3S. The van der Waals surface area contributed by atoms with Crippen LogP contribution in [0.3, 0.4) is 0 Å². The molecule has 0 fully saturated rings. The lowest BCUT2D eigenvalue weighted by molar-refractivity contribution is 0.281. The van der Waals surface area contributed by atoms with Crippen LogP contribution in [0.5, 0.6) is 0 Å². The van der Waals surface area contributed by atoms with Crippen LogP contribution in [0.4, 0.5) is 0 Å². The molecule has 0 aliphatic rings. The minimum Gasteiger partial charge on any atom is -0.392 e. The summed E-state index contributed by atoms with van der Waals surface area (Å²) in [5, 5.41) is 12.2. The number of rotatable bonds is 8. The molecule has 1 aromatic rings. The van der Waals surface area contributed by atoms with Crippen molar-refractivity contribution in [3.8, 4) is 0 Å². The van der Waals surface area contributed by atoms with Gasteiger partial charge in [-0.25, -0.2) is 8.42 Å². The number of nitrogens with one attached hydrogen (secondary N) is 1. The van der Waals surface area contributed by atoms with Gasteiger partial charge in [-0.3, -0.25) is 0 Å². The minimum atomic E-state index is -2.85. The second-order valence-electron chi connectivity index (χ2n) is 4.24. The van der Waals surface area contributed by atoms with Crippen molar-refractivity contribution in [2.45, 2.75) is 26.5 Å². The van der Waals surface area contributed by atoms with Gasteiger partial charge in [0.05, 0.1) is 12.4 Å². The summed E-state index contributed by atoms with van der Waals surface area (Å²) in [4.78, 5) is 0. The predicted octanol–water partition coefficient (Wildman–Crippen LogP) is 1.09. The Hall–Kier alpha value is -0.910. The van der Waals surface area contributed by atoms with E-state index in [1.54, 1.807) is 6.92 Å². The monoisotopic (exact) mass is 271 g/mol. The van der Waals surface area contributed by atoms with Crippen LogP contribution in [0.25, 0.3) is 0 Å². The van der Waals surface area contributed by atoms with Gasteiger partial charge in [0.15, 0.2) is 0 Å². The topological polar surface area (TPSA) is 66.4 Å². The van der Waals surface area contributed by atoms with E-state index in [4.69, 9.17) is 5.11 Å². The van der Waals surface area contributed by atoms with Gasteiger partial charge in [-0.1, -0.05) is 31.2 Å². The molecule has 4 nitrogen and oxygen atoms in total. The normalized spacial score (nSPS) is 11.7. The Morgan fingerprint density at radius 2 is 2.00 bits per heavy atom. The van der Waals surface area contributed by atoms with E-state index in [2.05, 4.69) is 5.32 Å².